The monoisotopic (exact) mass is 326 g/mol. The maximum absolute atomic E-state index is 12.1. The van der Waals surface area contributed by atoms with Crippen molar-refractivity contribution in [1.82, 2.24) is 9.88 Å². The van der Waals surface area contributed by atoms with E-state index in [1.807, 2.05) is 6.92 Å². The van der Waals surface area contributed by atoms with E-state index < -0.39 is 10.8 Å². The van der Waals surface area contributed by atoms with Crippen molar-refractivity contribution in [3.8, 4) is 5.75 Å². The van der Waals surface area contributed by atoms with Crippen molar-refractivity contribution < 1.29 is 13.7 Å². The predicted octanol–water partition coefficient (Wildman–Crippen LogP) is 1.03. The van der Waals surface area contributed by atoms with Crippen LogP contribution >= 0.6 is 0 Å². The Kier molecular flexibility index (Phi) is 6.18. The molecule has 2 rings (SSSR count). The zero-order valence-corrected chi connectivity index (χ0v) is 13.6. The highest BCUT2D eigenvalue weighted by atomic mass is 32.2. The molecule has 1 amide bonds. The van der Waals surface area contributed by atoms with Gasteiger partial charge in [-0.25, -0.2) is 0 Å². The second kappa shape index (κ2) is 8.12. The third kappa shape index (κ3) is 4.69. The van der Waals surface area contributed by atoms with Crippen molar-refractivity contribution in [1.29, 1.82) is 0 Å². The first-order valence-electron chi connectivity index (χ1n) is 7.57. The number of amides is 1. The molecule has 1 N–H and O–H groups in total. The first-order valence-corrected chi connectivity index (χ1v) is 9.06. The molecule has 2 heterocycles. The second-order valence-corrected chi connectivity index (χ2v) is 6.81. The molecule has 0 spiro atoms. The molecular weight excluding hydrogens is 304 g/mol. The summed E-state index contributed by atoms with van der Waals surface area (Å²) in [5.41, 5.74) is 0.325. The molecule has 0 aromatic carbocycles. The number of carbonyl (C=O) groups excluding carboxylic acids is 1. The number of rotatable bonds is 7. The highest BCUT2D eigenvalue weighted by Gasteiger charge is 2.20. The van der Waals surface area contributed by atoms with E-state index in [0.717, 1.165) is 32.4 Å². The number of aromatic nitrogens is 1. The van der Waals surface area contributed by atoms with Crippen LogP contribution in [0.1, 0.15) is 31.9 Å². The minimum absolute atomic E-state index is 0.0100. The minimum Gasteiger partial charge on any atom is -0.488 e. The highest BCUT2D eigenvalue weighted by Crippen LogP contribution is 2.09. The Bertz CT molecular complexity index is 593. The van der Waals surface area contributed by atoms with Crippen LogP contribution in [0.2, 0.25) is 0 Å². The number of carbonyl (C=O) groups is 1. The average molecular weight is 326 g/mol. The minimum atomic E-state index is -1.32. The standard InChI is InChI=1S/C15H22N2O4S/c1-2-7-21-14-9-16-12(8-13(14)18)10-22(20)11-15(19)17-5-3-4-6-17/h8-9H,2-7,10-11H2,1H3,(H,16,18). The molecule has 1 aliphatic heterocycles. The molecular formula is C15H22N2O4S. The Balaban J connectivity index is 1.89. The van der Waals surface area contributed by atoms with E-state index in [1.165, 1.54) is 12.3 Å². The van der Waals surface area contributed by atoms with Gasteiger partial charge in [-0.3, -0.25) is 13.8 Å². The molecule has 1 aromatic heterocycles. The van der Waals surface area contributed by atoms with Crippen molar-refractivity contribution in [2.75, 3.05) is 25.4 Å². The normalized spacial score (nSPS) is 15.8. The zero-order chi connectivity index (χ0) is 15.9. The fourth-order valence-corrected chi connectivity index (χ4v) is 3.40. The van der Waals surface area contributed by atoms with Crippen LogP contribution in [0, 0.1) is 0 Å². The predicted molar refractivity (Wildman–Crippen MR) is 85.4 cm³/mol. The van der Waals surface area contributed by atoms with E-state index >= 15 is 0 Å². The Hall–Kier alpha value is -1.63. The third-order valence-corrected chi connectivity index (χ3v) is 4.66. The number of hydrogen-bond acceptors (Lipinski definition) is 4. The molecule has 1 aromatic rings. The van der Waals surface area contributed by atoms with E-state index in [4.69, 9.17) is 4.74 Å². The third-order valence-electron chi connectivity index (χ3n) is 3.46. The summed E-state index contributed by atoms with van der Waals surface area (Å²) in [5.74, 6) is 0.379. The number of nitrogens with zero attached hydrogens (tertiary/aromatic N) is 1. The van der Waals surface area contributed by atoms with E-state index in [9.17, 15) is 13.8 Å². The van der Waals surface area contributed by atoms with Gasteiger partial charge >= 0.3 is 0 Å². The summed E-state index contributed by atoms with van der Waals surface area (Å²) in [7, 11) is -1.32. The second-order valence-electron chi connectivity index (χ2n) is 5.35. The molecule has 22 heavy (non-hydrogen) atoms. The quantitative estimate of drug-likeness (QED) is 0.812. The van der Waals surface area contributed by atoms with Crippen LogP contribution in [-0.4, -0.2) is 45.4 Å². The molecule has 6 nitrogen and oxygen atoms in total. The number of likely N-dealkylation sites (tertiary alicyclic amines) is 1. The van der Waals surface area contributed by atoms with Gasteiger partial charge in [-0.2, -0.15) is 0 Å². The summed E-state index contributed by atoms with van der Waals surface area (Å²) in [6.07, 6.45) is 4.35. The first-order chi connectivity index (χ1) is 10.6. The number of ether oxygens (including phenoxy) is 1. The Morgan fingerprint density at radius 2 is 2.14 bits per heavy atom. The number of H-pyrrole nitrogens is 1. The highest BCUT2D eigenvalue weighted by molar-refractivity contribution is 7.84. The lowest BCUT2D eigenvalue weighted by Gasteiger charge is -2.14. The van der Waals surface area contributed by atoms with Crippen LogP contribution in [0.3, 0.4) is 0 Å². The van der Waals surface area contributed by atoms with Gasteiger partial charge in [0.15, 0.2) is 5.75 Å². The van der Waals surface area contributed by atoms with Crippen LogP contribution < -0.4 is 10.2 Å². The van der Waals surface area contributed by atoms with Crippen LogP contribution in [0.4, 0.5) is 0 Å². The SMILES string of the molecule is CCCOc1c[nH]c(CS(=O)CC(=O)N2CCCC2)cc1=O. The zero-order valence-electron chi connectivity index (χ0n) is 12.8. The fourth-order valence-electron chi connectivity index (χ4n) is 2.33. The molecule has 0 radical (unpaired) electrons. The molecule has 1 saturated heterocycles. The van der Waals surface area contributed by atoms with E-state index in [1.54, 1.807) is 4.90 Å². The summed E-state index contributed by atoms with van der Waals surface area (Å²) < 4.78 is 17.4. The lowest BCUT2D eigenvalue weighted by Crippen LogP contribution is -2.32. The van der Waals surface area contributed by atoms with Crippen molar-refractivity contribution in [3.63, 3.8) is 0 Å². The van der Waals surface area contributed by atoms with Crippen molar-refractivity contribution in [2.45, 2.75) is 31.9 Å². The van der Waals surface area contributed by atoms with Gasteiger partial charge in [-0.15, -0.1) is 0 Å². The maximum atomic E-state index is 12.1. The first kappa shape index (κ1) is 16.7. The van der Waals surface area contributed by atoms with Gasteiger partial charge in [0.05, 0.1) is 12.4 Å². The Morgan fingerprint density at radius 3 is 2.77 bits per heavy atom. The number of pyridine rings is 1. The fraction of sp³-hybridized carbons (Fsp3) is 0.600. The lowest BCUT2D eigenvalue weighted by atomic mass is 10.3. The molecule has 1 aliphatic rings. The van der Waals surface area contributed by atoms with E-state index in [-0.39, 0.29) is 28.6 Å². The average Bonchev–Trinajstić information content (AvgIpc) is 3.00. The molecule has 0 aliphatic carbocycles. The Morgan fingerprint density at radius 1 is 1.41 bits per heavy atom. The molecule has 122 valence electrons. The van der Waals surface area contributed by atoms with Crippen LogP contribution in [0.5, 0.6) is 5.75 Å². The molecule has 1 fully saturated rings. The van der Waals surface area contributed by atoms with E-state index in [2.05, 4.69) is 4.98 Å². The number of nitrogens with one attached hydrogen (secondary N) is 1. The summed E-state index contributed by atoms with van der Waals surface area (Å²) in [6.45, 7) is 3.97. The summed E-state index contributed by atoms with van der Waals surface area (Å²) in [5, 5.41) is 0. The van der Waals surface area contributed by atoms with Crippen molar-refractivity contribution in [2.24, 2.45) is 0 Å². The smallest absolute Gasteiger partial charge is 0.235 e. The van der Waals surface area contributed by atoms with E-state index in [0.29, 0.717) is 12.3 Å². The Labute approximate surface area is 132 Å². The number of hydrogen-bond donors (Lipinski definition) is 1. The molecule has 0 bridgehead atoms. The van der Waals surface area contributed by atoms with Gasteiger partial charge in [-0.05, 0) is 19.3 Å². The van der Waals surface area contributed by atoms with Crippen LogP contribution in [0.15, 0.2) is 17.1 Å². The molecule has 0 saturated carbocycles. The van der Waals surface area contributed by atoms with Gasteiger partial charge in [-0.1, -0.05) is 6.92 Å². The summed E-state index contributed by atoms with van der Waals surface area (Å²) in [6, 6.07) is 1.39. The maximum Gasteiger partial charge on any atom is 0.235 e. The lowest BCUT2D eigenvalue weighted by molar-refractivity contribution is -0.127. The molecule has 7 heteroatoms. The number of aromatic amines is 1. The van der Waals surface area contributed by atoms with Gasteiger partial charge in [0.25, 0.3) is 0 Å². The molecule has 1 unspecified atom stereocenters. The summed E-state index contributed by atoms with van der Waals surface area (Å²) in [4.78, 5) is 28.4. The van der Waals surface area contributed by atoms with Crippen molar-refractivity contribution in [3.05, 3.63) is 28.2 Å². The van der Waals surface area contributed by atoms with Crippen LogP contribution in [-0.2, 0) is 21.3 Å². The topological polar surface area (TPSA) is 79.5 Å². The largest absolute Gasteiger partial charge is 0.488 e. The van der Waals surface area contributed by atoms with Gasteiger partial charge in [0.1, 0.15) is 5.75 Å². The molecule has 1 atom stereocenters. The van der Waals surface area contributed by atoms with Crippen LogP contribution in [0.25, 0.3) is 0 Å². The van der Waals surface area contributed by atoms with Crippen molar-refractivity contribution >= 4 is 16.7 Å². The summed E-state index contributed by atoms with van der Waals surface area (Å²) >= 11 is 0. The van der Waals surface area contributed by atoms with Gasteiger partial charge in [0.2, 0.25) is 11.3 Å². The van der Waals surface area contributed by atoms with Gasteiger partial charge in [0, 0.05) is 41.8 Å². The van der Waals surface area contributed by atoms with Gasteiger partial charge < -0.3 is 14.6 Å².